The number of hydrogen-bond acceptors (Lipinski definition) is 5. The molecule has 3 heterocycles. The smallest absolute Gasteiger partial charge is 0.262 e. The largest absolute Gasteiger partial charge is 0.306 e. The Labute approximate surface area is 126 Å². The topological polar surface area (TPSA) is 94.3 Å². The zero-order valence-corrected chi connectivity index (χ0v) is 12.9. The predicted octanol–water partition coefficient (Wildman–Crippen LogP) is 1.17. The molecule has 0 saturated carbocycles. The molecule has 0 spiro atoms. The van der Waals surface area contributed by atoms with Crippen molar-refractivity contribution in [3.8, 4) is 0 Å². The first kappa shape index (κ1) is 14.2. The van der Waals surface area contributed by atoms with E-state index in [2.05, 4.69) is 25.4 Å². The van der Waals surface area contributed by atoms with Crippen LogP contribution >= 0.6 is 0 Å². The Morgan fingerprint density at radius 3 is 2.73 bits per heavy atom. The second-order valence-corrected chi connectivity index (χ2v) is 6.05. The number of rotatable bonds is 2. The van der Waals surface area contributed by atoms with Crippen molar-refractivity contribution in [2.75, 3.05) is 0 Å². The van der Waals surface area contributed by atoms with Crippen LogP contribution in [-0.2, 0) is 12.6 Å². The lowest BCUT2D eigenvalue weighted by atomic mass is 10.1. The lowest BCUT2D eigenvalue weighted by Gasteiger charge is -2.17. The summed E-state index contributed by atoms with van der Waals surface area (Å²) in [6, 6.07) is 0. The Kier molecular flexibility index (Phi) is 3.16. The van der Waals surface area contributed by atoms with E-state index in [-0.39, 0.29) is 11.1 Å². The molecule has 0 aliphatic carbocycles. The monoisotopic (exact) mass is 299 g/mol. The van der Waals surface area contributed by atoms with Gasteiger partial charge in [0.05, 0.1) is 17.9 Å². The van der Waals surface area contributed by atoms with Gasteiger partial charge in [0, 0.05) is 7.05 Å². The third-order valence-corrected chi connectivity index (χ3v) is 3.23. The Hall–Kier alpha value is -2.77. The molecule has 8 nitrogen and oxygen atoms in total. The molecule has 3 aromatic rings. The molecule has 0 aliphatic rings. The van der Waals surface area contributed by atoms with Gasteiger partial charge in [-0.25, -0.2) is 9.67 Å². The minimum atomic E-state index is -0.212. The third-order valence-electron chi connectivity index (χ3n) is 3.23. The molecule has 1 N–H and O–H groups in total. The van der Waals surface area contributed by atoms with E-state index < -0.39 is 0 Å². The zero-order valence-electron chi connectivity index (χ0n) is 12.9. The van der Waals surface area contributed by atoms with Crippen molar-refractivity contribution in [1.82, 2.24) is 34.7 Å². The van der Waals surface area contributed by atoms with Crippen molar-refractivity contribution in [2.24, 2.45) is 7.05 Å². The van der Waals surface area contributed by atoms with E-state index in [1.165, 1.54) is 6.20 Å². The standard InChI is InChI=1S/C14H17N7O/c1-14(2,3)21-8-9(18-19-21)5-6-11-16-12-10(13(22)17-11)7-15-20(12)4/h5-8H,1-4H3,(H,16,17,22)/b6-5+. The van der Waals surface area contributed by atoms with Gasteiger partial charge in [-0.15, -0.1) is 5.10 Å². The van der Waals surface area contributed by atoms with Gasteiger partial charge < -0.3 is 4.98 Å². The molecule has 3 aromatic heterocycles. The van der Waals surface area contributed by atoms with Crippen LogP contribution in [-0.4, -0.2) is 34.7 Å². The van der Waals surface area contributed by atoms with Gasteiger partial charge in [-0.05, 0) is 32.9 Å². The van der Waals surface area contributed by atoms with Crippen molar-refractivity contribution >= 4 is 23.2 Å². The van der Waals surface area contributed by atoms with Crippen molar-refractivity contribution in [3.63, 3.8) is 0 Å². The summed E-state index contributed by atoms with van der Waals surface area (Å²) in [6.45, 7) is 6.14. The maximum absolute atomic E-state index is 11.9. The van der Waals surface area contributed by atoms with Crippen LogP contribution in [0.4, 0.5) is 0 Å². The third kappa shape index (κ3) is 2.54. The molecule has 0 aliphatic heterocycles. The van der Waals surface area contributed by atoms with Crippen LogP contribution in [0.5, 0.6) is 0 Å². The molecule has 0 atom stereocenters. The maximum atomic E-state index is 11.9. The number of aromatic amines is 1. The predicted molar refractivity (Wildman–Crippen MR) is 83.1 cm³/mol. The maximum Gasteiger partial charge on any atom is 0.262 e. The molecule has 0 bridgehead atoms. The van der Waals surface area contributed by atoms with Crippen molar-refractivity contribution in [1.29, 1.82) is 0 Å². The molecular weight excluding hydrogens is 282 g/mol. The molecule has 0 fully saturated rings. The average Bonchev–Trinajstić information content (AvgIpc) is 3.04. The number of hydrogen-bond donors (Lipinski definition) is 1. The molecule has 0 saturated heterocycles. The van der Waals surface area contributed by atoms with Gasteiger partial charge in [0.15, 0.2) is 5.65 Å². The first-order chi connectivity index (χ1) is 10.3. The van der Waals surface area contributed by atoms with E-state index in [0.717, 1.165) is 0 Å². The minimum absolute atomic E-state index is 0.126. The number of fused-ring (bicyclic) bond motifs is 1. The Morgan fingerprint density at radius 2 is 2.05 bits per heavy atom. The number of aromatic nitrogens is 7. The SMILES string of the molecule is Cn1ncc2c(=O)[nH]c(/C=C/c3cn(C(C)(C)C)nn3)nc21. The van der Waals surface area contributed by atoms with E-state index in [0.29, 0.717) is 22.6 Å². The highest BCUT2D eigenvalue weighted by molar-refractivity contribution is 5.75. The summed E-state index contributed by atoms with van der Waals surface area (Å²) in [6.07, 6.45) is 6.81. The lowest BCUT2D eigenvalue weighted by molar-refractivity contribution is 0.347. The lowest BCUT2D eigenvalue weighted by Crippen LogP contribution is -2.22. The number of H-pyrrole nitrogens is 1. The van der Waals surface area contributed by atoms with Crippen LogP contribution < -0.4 is 5.56 Å². The van der Waals surface area contributed by atoms with Gasteiger partial charge >= 0.3 is 0 Å². The van der Waals surface area contributed by atoms with Crippen LogP contribution in [0.15, 0.2) is 17.2 Å². The molecular formula is C14H17N7O. The van der Waals surface area contributed by atoms with E-state index in [1.54, 1.807) is 28.6 Å². The van der Waals surface area contributed by atoms with E-state index >= 15 is 0 Å². The Bertz CT molecular complexity index is 907. The number of aryl methyl sites for hydroxylation is 1. The number of nitrogens with zero attached hydrogens (tertiary/aromatic N) is 6. The normalized spacial score (nSPS) is 12.5. The van der Waals surface area contributed by atoms with Crippen molar-refractivity contribution in [2.45, 2.75) is 26.3 Å². The van der Waals surface area contributed by atoms with E-state index in [1.807, 2.05) is 27.0 Å². The highest BCUT2D eigenvalue weighted by atomic mass is 16.1. The summed E-state index contributed by atoms with van der Waals surface area (Å²) >= 11 is 0. The Balaban J connectivity index is 1.94. The zero-order chi connectivity index (χ0) is 15.9. The molecule has 0 radical (unpaired) electrons. The fraction of sp³-hybridized carbons (Fsp3) is 0.357. The van der Waals surface area contributed by atoms with Gasteiger partial charge in [0.1, 0.15) is 16.9 Å². The van der Waals surface area contributed by atoms with Gasteiger partial charge in [-0.1, -0.05) is 5.21 Å². The minimum Gasteiger partial charge on any atom is -0.306 e. The Morgan fingerprint density at radius 1 is 1.27 bits per heavy atom. The second kappa shape index (κ2) is 4.90. The summed E-state index contributed by atoms with van der Waals surface area (Å²) in [5, 5.41) is 12.7. The summed E-state index contributed by atoms with van der Waals surface area (Å²) in [5.41, 5.74) is 0.903. The molecule has 22 heavy (non-hydrogen) atoms. The van der Waals surface area contributed by atoms with Gasteiger partial charge in [-0.2, -0.15) is 5.10 Å². The van der Waals surface area contributed by atoms with E-state index in [4.69, 9.17) is 0 Å². The van der Waals surface area contributed by atoms with Crippen LogP contribution in [0.3, 0.4) is 0 Å². The summed E-state index contributed by atoms with van der Waals surface area (Å²) in [4.78, 5) is 19.0. The first-order valence-corrected chi connectivity index (χ1v) is 6.87. The summed E-state index contributed by atoms with van der Waals surface area (Å²) < 4.78 is 3.35. The summed E-state index contributed by atoms with van der Waals surface area (Å²) in [5.74, 6) is 0.450. The quantitative estimate of drug-likeness (QED) is 0.766. The molecule has 114 valence electrons. The highest BCUT2D eigenvalue weighted by Crippen LogP contribution is 2.13. The summed E-state index contributed by atoms with van der Waals surface area (Å²) in [7, 11) is 1.75. The second-order valence-electron chi connectivity index (χ2n) is 6.05. The van der Waals surface area contributed by atoms with Crippen LogP contribution in [0.2, 0.25) is 0 Å². The first-order valence-electron chi connectivity index (χ1n) is 6.87. The van der Waals surface area contributed by atoms with Gasteiger partial charge in [-0.3, -0.25) is 9.48 Å². The van der Waals surface area contributed by atoms with Gasteiger partial charge in [0.25, 0.3) is 5.56 Å². The van der Waals surface area contributed by atoms with E-state index in [9.17, 15) is 4.79 Å². The van der Waals surface area contributed by atoms with Crippen LogP contribution in [0, 0.1) is 0 Å². The average molecular weight is 299 g/mol. The van der Waals surface area contributed by atoms with Crippen molar-refractivity contribution < 1.29 is 0 Å². The van der Waals surface area contributed by atoms with Crippen LogP contribution in [0.25, 0.3) is 23.2 Å². The molecule has 0 aromatic carbocycles. The molecule has 0 unspecified atom stereocenters. The fourth-order valence-electron chi connectivity index (χ4n) is 1.97. The molecule has 3 rings (SSSR count). The van der Waals surface area contributed by atoms with Crippen LogP contribution in [0.1, 0.15) is 32.3 Å². The fourth-order valence-corrected chi connectivity index (χ4v) is 1.97. The molecule has 0 amide bonds. The van der Waals surface area contributed by atoms with Gasteiger partial charge in [0.2, 0.25) is 0 Å². The highest BCUT2D eigenvalue weighted by Gasteiger charge is 2.14. The van der Waals surface area contributed by atoms with Crippen molar-refractivity contribution in [3.05, 3.63) is 34.3 Å². The molecule has 8 heteroatoms. The number of nitrogens with one attached hydrogen (secondary N) is 1.